The maximum absolute atomic E-state index is 13.0. The van der Waals surface area contributed by atoms with Crippen molar-refractivity contribution < 1.29 is 8.78 Å². The lowest BCUT2D eigenvalue weighted by atomic mass is 9.72. The molecule has 6 heteroatoms. The maximum Gasteiger partial charge on any atom is 0.170 e. The predicted molar refractivity (Wildman–Crippen MR) is 58.1 cm³/mol. The molecule has 1 aromatic rings. The van der Waals surface area contributed by atoms with Crippen LogP contribution < -0.4 is 16.4 Å². The van der Waals surface area contributed by atoms with Gasteiger partial charge in [0.2, 0.25) is 0 Å². The average molecular weight is 182 g/mol. The summed E-state index contributed by atoms with van der Waals surface area (Å²) in [6, 6.07) is 0. The highest BCUT2D eigenvalue weighted by molar-refractivity contribution is 7.80. The van der Waals surface area contributed by atoms with Crippen molar-refractivity contribution in [2.75, 3.05) is 0 Å². The fourth-order valence-electron chi connectivity index (χ4n) is 1.06. The van der Waals surface area contributed by atoms with Crippen molar-refractivity contribution >= 4 is 52.6 Å². The van der Waals surface area contributed by atoms with Gasteiger partial charge in [0.1, 0.15) is 23.5 Å². The molecule has 0 saturated carbocycles. The summed E-state index contributed by atoms with van der Waals surface area (Å²) in [5.41, 5.74) is 1.83. The zero-order chi connectivity index (χ0) is 9.46. The minimum absolute atomic E-state index is 0.107. The lowest BCUT2D eigenvalue weighted by Crippen LogP contribution is -2.42. The monoisotopic (exact) mass is 182 g/mol. The fraction of sp³-hybridized carbons (Fsp3) is 0. The molecule has 0 atom stereocenters. The van der Waals surface area contributed by atoms with Crippen LogP contribution in [0.3, 0.4) is 0 Å². The van der Waals surface area contributed by atoms with Gasteiger partial charge in [-0.2, -0.15) is 0 Å². The summed E-state index contributed by atoms with van der Waals surface area (Å²) in [7, 11) is 5.05. The van der Waals surface area contributed by atoms with Crippen LogP contribution in [-0.4, -0.2) is 23.5 Å². The Morgan fingerprint density at radius 2 is 1.33 bits per heavy atom. The van der Waals surface area contributed by atoms with E-state index in [4.69, 9.17) is 0 Å². The molecule has 60 valence electrons. The molecule has 0 radical (unpaired) electrons. The van der Waals surface area contributed by atoms with Crippen LogP contribution in [0.25, 0.3) is 0 Å². The molecule has 1 aromatic carbocycles. The van der Waals surface area contributed by atoms with Gasteiger partial charge in [-0.25, -0.2) is 8.78 Å². The molecule has 0 bridgehead atoms. The quantitative estimate of drug-likeness (QED) is 0.321. The summed E-state index contributed by atoms with van der Waals surface area (Å²) in [6.07, 6.45) is 0. The Morgan fingerprint density at radius 1 is 0.833 bits per heavy atom. The Bertz CT molecular complexity index is 235. The molecule has 0 unspecified atom stereocenters. The maximum atomic E-state index is 13.0. The van der Waals surface area contributed by atoms with E-state index >= 15 is 0 Å². The molecule has 0 N–H and O–H groups in total. The van der Waals surface area contributed by atoms with Crippen molar-refractivity contribution in [2.45, 2.75) is 4.90 Å². The number of hydrogen-bond donors (Lipinski definition) is 1. The second-order valence-corrected chi connectivity index (χ2v) is 3.30. The number of benzene rings is 1. The molecule has 0 heterocycles. The first-order chi connectivity index (χ1) is 5.46. The Kier molecular flexibility index (Phi) is 2.56. The van der Waals surface area contributed by atoms with Crippen LogP contribution in [0.5, 0.6) is 0 Å². The lowest BCUT2D eigenvalue weighted by Gasteiger charge is -2.10. The Hall–Kier alpha value is -0.375. The highest BCUT2D eigenvalue weighted by atomic mass is 32.1. The van der Waals surface area contributed by atoms with Crippen molar-refractivity contribution in [3.05, 3.63) is 11.6 Å². The van der Waals surface area contributed by atoms with Gasteiger partial charge in [0, 0.05) is 4.90 Å². The summed E-state index contributed by atoms with van der Waals surface area (Å²) in [4.78, 5) is 0.107. The van der Waals surface area contributed by atoms with Crippen molar-refractivity contribution in [3.63, 3.8) is 0 Å². The van der Waals surface area contributed by atoms with Crippen LogP contribution in [-0.2, 0) is 0 Å². The highest BCUT2D eigenvalue weighted by Crippen LogP contribution is 2.09. The largest absolute Gasteiger partial charge is 0.204 e. The number of halogens is 2. The molecule has 1 rings (SSSR count). The van der Waals surface area contributed by atoms with Crippen LogP contribution in [0.4, 0.5) is 8.78 Å². The van der Waals surface area contributed by atoms with Gasteiger partial charge in [-0.1, -0.05) is 16.4 Å². The average Bonchev–Trinajstić information content (AvgIpc) is 2.08. The Morgan fingerprint density at radius 3 is 1.83 bits per heavy atom. The molecule has 0 aliphatic rings. The first-order valence-corrected chi connectivity index (χ1v) is 4.05. The summed E-state index contributed by atoms with van der Waals surface area (Å²) in [5, 5.41) is 0. The van der Waals surface area contributed by atoms with Gasteiger partial charge >= 0.3 is 0 Å². The normalized spacial score (nSPS) is 10.2. The second kappa shape index (κ2) is 3.17. The zero-order valence-electron chi connectivity index (χ0n) is 7.20. The summed E-state index contributed by atoms with van der Waals surface area (Å²) < 4.78 is 26.0. The van der Waals surface area contributed by atoms with E-state index in [1.807, 2.05) is 0 Å². The zero-order valence-corrected chi connectivity index (χ0v) is 8.10. The molecule has 0 nitrogen and oxygen atoms in total. The fourth-order valence-corrected chi connectivity index (χ4v) is 1.32. The Labute approximate surface area is 78.4 Å². The molecule has 12 heavy (non-hydrogen) atoms. The van der Waals surface area contributed by atoms with E-state index in [1.165, 1.54) is 0 Å². The highest BCUT2D eigenvalue weighted by Gasteiger charge is 2.14. The van der Waals surface area contributed by atoms with E-state index in [-0.39, 0.29) is 4.90 Å². The third-order valence-electron chi connectivity index (χ3n) is 2.21. The van der Waals surface area contributed by atoms with E-state index in [2.05, 4.69) is 12.6 Å². The van der Waals surface area contributed by atoms with E-state index in [0.717, 1.165) is 5.46 Å². The predicted octanol–water partition coefficient (Wildman–Crippen LogP) is -2.97. The van der Waals surface area contributed by atoms with Gasteiger partial charge in [-0.15, -0.1) is 12.6 Å². The molecule has 0 saturated heterocycles. The molecule has 0 aliphatic heterocycles. The third kappa shape index (κ3) is 1.28. The van der Waals surface area contributed by atoms with Crippen LogP contribution in [0.15, 0.2) is 4.90 Å². The van der Waals surface area contributed by atoms with Crippen LogP contribution in [0.2, 0.25) is 0 Å². The molecule has 0 fully saturated rings. The van der Waals surface area contributed by atoms with Crippen molar-refractivity contribution in [2.24, 2.45) is 0 Å². The number of thiol groups is 1. The Balaban J connectivity index is 3.60. The van der Waals surface area contributed by atoms with E-state index in [1.54, 1.807) is 23.5 Å². The van der Waals surface area contributed by atoms with Gasteiger partial charge in [0.25, 0.3) is 0 Å². The van der Waals surface area contributed by atoms with Gasteiger partial charge < -0.3 is 0 Å². The molecule has 0 aromatic heterocycles. The summed E-state index contributed by atoms with van der Waals surface area (Å²) >= 11 is 3.88. The van der Waals surface area contributed by atoms with Gasteiger partial charge in [0.05, 0.1) is 0 Å². The van der Waals surface area contributed by atoms with Gasteiger partial charge in [0.15, 0.2) is 11.6 Å². The van der Waals surface area contributed by atoms with Gasteiger partial charge in [-0.3, -0.25) is 0 Å². The molecule has 0 spiro atoms. The van der Waals surface area contributed by atoms with E-state index in [9.17, 15) is 8.78 Å². The summed E-state index contributed by atoms with van der Waals surface area (Å²) in [5.74, 6) is -1.64. The third-order valence-corrected chi connectivity index (χ3v) is 2.74. The molecular formula is C6H7B3F2S. The van der Waals surface area contributed by atoms with E-state index in [0.29, 0.717) is 10.9 Å². The molecule has 0 aliphatic carbocycles. The van der Waals surface area contributed by atoms with Gasteiger partial charge in [-0.05, 0) is 0 Å². The van der Waals surface area contributed by atoms with Crippen LogP contribution >= 0.6 is 12.6 Å². The molecule has 0 amide bonds. The van der Waals surface area contributed by atoms with Crippen molar-refractivity contribution in [3.8, 4) is 0 Å². The number of hydrogen-bond acceptors (Lipinski definition) is 1. The summed E-state index contributed by atoms with van der Waals surface area (Å²) in [6.45, 7) is 0. The minimum Gasteiger partial charge on any atom is -0.204 e. The topological polar surface area (TPSA) is 0 Å². The SMILES string of the molecule is Bc1c(B)c(F)c(F)c(S)c1B. The smallest absolute Gasteiger partial charge is 0.170 e. The first-order valence-electron chi connectivity index (χ1n) is 3.60. The van der Waals surface area contributed by atoms with Crippen molar-refractivity contribution in [1.82, 2.24) is 0 Å². The molecular weight excluding hydrogens is 175 g/mol. The van der Waals surface area contributed by atoms with Crippen LogP contribution in [0.1, 0.15) is 0 Å². The van der Waals surface area contributed by atoms with Crippen LogP contribution in [0, 0.1) is 11.6 Å². The second-order valence-electron chi connectivity index (χ2n) is 2.85. The number of rotatable bonds is 0. The minimum atomic E-state index is -0.848. The van der Waals surface area contributed by atoms with E-state index < -0.39 is 11.6 Å². The lowest BCUT2D eigenvalue weighted by molar-refractivity contribution is 0.500. The standard InChI is InChI=1S/C6H7B3F2S/c7-1-2(8)4(10)5(11)6(12)3(1)9/h12H,7-9H2. The first kappa shape index (κ1) is 9.71. The van der Waals surface area contributed by atoms with Crippen molar-refractivity contribution in [1.29, 1.82) is 0 Å².